The summed E-state index contributed by atoms with van der Waals surface area (Å²) in [5.74, 6) is -1.60. The summed E-state index contributed by atoms with van der Waals surface area (Å²) in [6.45, 7) is -0.103. The van der Waals surface area contributed by atoms with Gasteiger partial charge in [0.2, 0.25) is 0 Å². The minimum absolute atomic E-state index is 0.103. The fourth-order valence-corrected chi connectivity index (χ4v) is 1.95. The number of aliphatic hydroxyl groups excluding tert-OH is 1. The lowest BCUT2D eigenvalue weighted by Crippen LogP contribution is -2.17. The normalized spacial score (nSPS) is 10.6. The second kappa shape index (κ2) is 5.01. The molecule has 0 bridgehead atoms. The van der Waals surface area contributed by atoms with Gasteiger partial charge < -0.3 is 14.8 Å². The summed E-state index contributed by atoms with van der Waals surface area (Å²) in [5.41, 5.74) is 1.59. The van der Waals surface area contributed by atoms with E-state index in [0.29, 0.717) is 11.1 Å². The van der Waals surface area contributed by atoms with E-state index in [1.807, 2.05) is 12.1 Å². The van der Waals surface area contributed by atoms with Gasteiger partial charge in [-0.1, -0.05) is 18.2 Å². The smallest absolute Gasteiger partial charge is 0.379 e. The van der Waals surface area contributed by atoms with Crippen LogP contribution in [-0.4, -0.2) is 35.6 Å². The number of H-pyrrole nitrogens is 1. The number of methoxy groups -OCH3 is 1. The molecule has 1 aromatic carbocycles. The van der Waals surface area contributed by atoms with Gasteiger partial charge in [0.1, 0.15) is 0 Å². The fourth-order valence-electron chi connectivity index (χ4n) is 1.95. The summed E-state index contributed by atoms with van der Waals surface area (Å²) in [7, 11) is 1.17. The highest BCUT2D eigenvalue weighted by molar-refractivity contribution is 6.43. The molecule has 2 N–H and O–H groups in total. The maximum Gasteiger partial charge on any atom is 0.379 e. The lowest BCUT2D eigenvalue weighted by Gasteiger charge is -2.01. The summed E-state index contributed by atoms with van der Waals surface area (Å²) in [6, 6.07) is 7.17. The molecule has 2 rings (SSSR count). The molecule has 0 aliphatic rings. The first-order valence-electron chi connectivity index (χ1n) is 5.52. The molecule has 0 aliphatic carbocycles. The number of aliphatic hydroxyl groups is 1. The number of carbonyl (C=O) groups excluding carboxylic acids is 2. The van der Waals surface area contributed by atoms with E-state index >= 15 is 0 Å². The Balaban J connectivity index is 2.61. The van der Waals surface area contributed by atoms with E-state index in [1.165, 1.54) is 7.11 Å². The molecule has 0 aliphatic heterocycles. The Hall–Kier alpha value is -2.14. The number of aromatic amines is 1. The number of ketones is 1. The van der Waals surface area contributed by atoms with Gasteiger partial charge in [-0.3, -0.25) is 4.79 Å². The molecular formula is C13H13NO4. The number of esters is 1. The highest BCUT2D eigenvalue weighted by Crippen LogP contribution is 2.23. The molecule has 5 nitrogen and oxygen atoms in total. The molecule has 18 heavy (non-hydrogen) atoms. The molecule has 0 saturated heterocycles. The first kappa shape index (κ1) is 12.3. The second-order valence-electron chi connectivity index (χ2n) is 3.82. The first-order valence-corrected chi connectivity index (χ1v) is 5.52. The summed E-state index contributed by atoms with van der Waals surface area (Å²) >= 11 is 0. The Morgan fingerprint density at radius 3 is 2.72 bits per heavy atom. The summed E-state index contributed by atoms with van der Waals surface area (Å²) in [4.78, 5) is 26.4. The monoisotopic (exact) mass is 247 g/mol. The number of para-hydroxylation sites is 1. The molecule has 0 saturated carbocycles. The van der Waals surface area contributed by atoms with Crippen molar-refractivity contribution in [3.8, 4) is 0 Å². The van der Waals surface area contributed by atoms with Crippen LogP contribution in [0, 0.1) is 0 Å². The average molecular weight is 247 g/mol. The van der Waals surface area contributed by atoms with Crippen molar-refractivity contribution in [3.05, 3.63) is 35.5 Å². The van der Waals surface area contributed by atoms with Crippen LogP contribution < -0.4 is 0 Å². The van der Waals surface area contributed by atoms with Gasteiger partial charge in [-0.2, -0.15) is 0 Å². The number of aromatic nitrogens is 1. The van der Waals surface area contributed by atoms with E-state index in [2.05, 4.69) is 9.72 Å². The van der Waals surface area contributed by atoms with Crippen molar-refractivity contribution in [1.29, 1.82) is 0 Å². The lowest BCUT2D eigenvalue weighted by molar-refractivity contribution is -0.135. The topological polar surface area (TPSA) is 79.4 Å². The molecule has 1 aromatic heterocycles. The highest BCUT2D eigenvalue weighted by atomic mass is 16.5. The van der Waals surface area contributed by atoms with Crippen molar-refractivity contribution in [3.63, 3.8) is 0 Å². The third-order valence-corrected chi connectivity index (χ3v) is 2.74. The van der Waals surface area contributed by atoms with Crippen molar-refractivity contribution in [2.75, 3.05) is 13.7 Å². The van der Waals surface area contributed by atoms with Crippen LogP contribution in [0.4, 0.5) is 0 Å². The van der Waals surface area contributed by atoms with Crippen molar-refractivity contribution >= 4 is 22.7 Å². The number of hydrogen-bond acceptors (Lipinski definition) is 4. The van der Waals surface area contributed by atoms with Crippen LogP contribution in [0.3, 0.4) is 0 Å². The molecule has 0 spiro atoms. The zero-order valence-electron chi connectivity index (χ0n) is 9.90. The van der Waals surface area contributed by atoms with Gasteiger partial charge in [0.15, 0.2) is 0 Å². The van der Waals surface area contributed by atoms with E-state index in [9.17, 15) is 9.59 Å². The third kappa shape index (κ3) is 2.00. The maximum absolute atomic E-state index is 12.0. The number of fused-ring (bicyclic) bond motifs is 1. The minimum atomic E-state index is -0.904. The van der Waals surface area contributed by atoms with E-state index < -0.39 is 11.8 Å². The molecule has 0 fully saturated rings. The summed E-state index contributed by atoms with van der Waals surface area (Å²) < 4.78 is 4.45. The van der Waals surface area contributed by atoms with Crippen LogP contribution in [0.5, 0.6) is 0 Å². The van der Waals surface area contributed by atoms with Gasteiger partial charge in [-0.05, 0) is 6.07 Å². The third-order valence-electron chi connectivity index (χ3n) is 2.74. The molecule has 2 aromatic rings. The van der Waals surface area contributed by atoms with Crippen molar-refractivity contribution in [2.24, 2.45) is 0 Å². The average Bonchev–Trinajstić information content (AvgIpc) is 2.75. The Labute approximate surface area is 103 Å². The highest BCUT2D eigenvalue weighted by Gasteiger charge is 2.24. The van der Waals surface area contributed by atoms with Gasteiger partial charge in [0.05, 0.1) is 12.7 Å². The quantitative estimate of drug-likeness (QED) is 0.481. The van der Waals surface area contributed by atoms with Crippen molar-refractivity contribution in [1.82, 2.24) is 4.98 Å². The molecule has 0 unspecified atom stereocenters. The van der Waals surface area contributed by atoms with Crippen LogP contribution >= 0.6 is 0 Å². The predicted octanol–water partition coefficient (Wildman–Crippen LogP) is 1.06. The van der Waals surface area contributed by atoms with E-state index in [1.54, 1.807) is 12.1 Å². The van der Waals surface area contributed by atoms with E-state index in [0.717, 1.165) is 5.52 Å². The van der Waals surface area contributed by atoms with Crippen LogP contribution in [0.15, 0.2) is 24.3 Å². The second-order valence-corrected chi connectivity index (χ2v) is 3.82. The largest absolute Gasteiger partial charge is 0.463 e. The lowest BCUT2D eigenvalue weighted by atomic mass is 10.1. The van der Waals surface area contributed by atoms with Gasteiger partial charge in [-0.25, -0.2) is 4.79 Å². The van der Waals surface area contributed by atoms with Gasteiger partial charge in [0.25, 0.3) is 5.78 Å². The minimum Gasteiger partial charge on any atom is -0.463 e. The molecule has 5 heteroatoms. The van der Waals surface area contributed by atoms with Crippen LogP contribution in [-0.2, 0) is 16.0 Å². The number of hydrogen-bond donors (Lipinski definition) is 2. The number of carbonyl (C=O) groups is 2. The van der Waals surface area contributed by atoms with Crippen LogP contribution in [0.2, 0.25) is 0 Å². The Bertz CT molecular complexity index is 600. The maximum atomic E-state index is 12.0. The van der Waals surface area contributed by atoms with Crippen molar-refractivity contribution < 1.29 is 19.4 Å². The molecule has 1 heterocycles. The van der Waals surface area contributed by atoms with Crippen LogP contribution in [0.25, 0.3) is 10.9 Å². The Morgan fingerprint density at radius 1 is 1.33 bits per heavy atom. The Kier molecular flexibility index (Phi) is 3.43. The molecular weight excluding hydrogens is 234 g/mol. The van der Waals surface area contributed by atoms with Gasteiger partial charge in [0, 0.05) is 29.6 Å². The Morgan fingerprint density at radius 2 is 2.06 bits per heavy atom. The number of benzene rings is 1. The molecule has 0 atom stereocenters. The van der Waals surface area contributed by atoms with Gasteiger partial charge >= 0.3 is 5.97 Å². The number of rotatable bonds is 4. The zero-order chi connectivity index (χ0) is 13.1. The standard InChI is InChI=1S/C13H13NO4/c1-18-13(17)12(16)11-8-4-2-3-5-9(8)14-10(11)6-7-15/h2-5,14-15H,6-7H2,1H3. The predicted molar refractivity (Wildman–Crippen MR) is 65.4 cm³/mol. The van der Waals surface area contributed by atoms with E-state index in [-0.39, 0.29) is 18.6 Å². The molecule has 0 radical (unpaired) electrons. The van der Waals surface area contributed by atoms with Gasteiger partial charge in [-0.15, -0.1) is 0 Å². The number of ether oxygens (including phenoxy) is 1. The zero-order valence-corrected chi connectivity index (χ0v) is 9.90. The van der Waals surface area contributed by atoms with Crippen molar-refractivity contribution in [2.45, 2.75) is 6.42 Å². The number of nitrogens with one attached hydrogen (secondary N) is 1. The fraction of sp³-hybridized carbons (Fsp3) is 0.231. The van der Waals surface area contributed by atoms with Crippen LogP contribution in [0.1, 0.15) is 16.1 Å². The van der Waals surface area contributed by atoms with E-state index in [4.69, 9.17) is 5.11 Å². The number of Topliss-reactive ketones (excluding diaryl/α,β-unsaturated/α-hetero) is 1. The SMILES string of the molecule is COC(=O)C(=O)c1c(CCO)[nH]c2ccccc12. The molecule has 0 amide bonds. The summed E-state index contributed by atoms with van der Waals surface area (Å²) in [5, 5.41) is 9.66. The first-order chi connectivity index (χ1) is 8.69. The summed E-state index contributed by atoms with van der Waals surface area (Å²) in [6.07, 6.45) is 0.284. The molecule has 94 valence electrons.